The fourth-order valence-corrected chi connectivity index (χ4v) is 7.56. The maximum absolute atomic E-state index is 6.56. The quantitative estimate of drug-likeness (QED) is 0.166. The average Bonchev–Trinajstić information content (AvgIpc) is 3.58. The van der Waals surface area contributed by atoms with Crippen LogP contribution in [0.5, 0.6) is 0 Å². The van der Waals surface area contributed by atoms with Crippen molar-refractivity contribution in [2.24, 2.45) is 0 Å². The van der Waals surface area contributed by atoms with Crippen LogP contribution in [0.2, 0.25) is 0 Å². The van der Waals surface area contributed by atoms with Crippen LogP contribution in [0.3, 0.4) is 0 Å². The van der Waals surface area contributed by atoms with Gasteiger partial charge < -0.3 is 0 Å². The number of aromatic nitrogens is 2. The van der Waals surface area contributed by atoms with Crippen LogP contribution in [0, 0.1) is 0 Å². The minimum Gasteiger partial charge on any atom is -0.292 e. The van der Waals surface area contributed by atoms with Crippen molar-refractivity contribution in [1.82, 2.24) is 9.55 Å². The number of fused-ring (bicyclic) bond motifs is 3. The van der Waals surface area contributed by atoms with E-state index in [1.807, 2.05) is 34.9 Å². The molecule has 1 aromatic heterocycles. The Morgan fingerprint density at radius 1 is 0.365 bits per heavy atom. The Hall–Kier alpha value is -5.93. The van der Waals surface area contributed by atoms with Crippen LogP contribution >= 0.6 is 0 Å². The molecule has 0 amide bonds. The Kier molecular flexibility index (Phi) is 7.81. The fourth-order valence-electron chi connectivity index (χ4n) is 7.56. The SMILES string of the molecule is [B]c1c([B])c([B])c(-c2nc3ccccc3n2-c2ccc(-c3c4ccccc4c(-c4cccc(-c5ccccc5)c4)c4ccccc34)cc2)c([B])c1[B]. The lowest BCUT2D eigenvalue weighted by molar-refractivity contribution is 1.11. The molecule has 0 bridgehead atoms. The van der Waals surface area contributed by atoms with Gasteiger partial charge in [0.15, 0.2) is 0 Å². The number of hydrogen-bond acceptors (Lipinski definition) is 1. The van der Waals surface area contributed by atoms with Gasteiger partial charge in [0.05, 0.1) is 11.0 Å². The molecule has 0 aliphatic carbocycles. The van der Waals surface area contributed by atoms with E-state index in [1.54, 1.807) is 0 Å². The average molecular weight is 648 g/mol. The van der Waals surface area contributed by atoms with E-state index in [0.717, 1.165) is 22.3 Å². The largest absolute Gasteiger partial charge is 0.292 e. The first-order valence-electron chi connectivity index (χ1n) is 17.1. The van der Waals surface area contributed by atoms with Crippen LogP contribution in [0.1, 0.15) is 0 Å². The van der Waals surface area contributed by atoms with Crippen molar-refractivity contribution < 1.29 is 0 Å². The zero-order valence-electron chi connectivity index (χ0n) is 28.2. The van der Waals surface area contributed by atoms with E-state index in [0.29, 0.717) is 11.4 Å². The van der Waals surface area contributed by atoms with E-state index in [9.17, 15) is 0 Å². The summed E-state index contributed by atoms with van der Waals surface area (Å²) < 4.78 is 2.04. The van der Waals surface area contributed by atoms with Gasteiger partial charge >= 0.3 is 0 Å². The molecule has 0 unspecified atom stereocenters. The Balaban J connectivity index is 1.24. The summed E-state index contributed by atoms with van der Waals surface area (Å²) in [5.41, 5.74) is 11.0. The molecule has 10 radical (unpaired) electrons. The van der Waals surface area contributed by atoms with Crippen molar-refractivity contribution in [3.8, 4) is 50.5 Å². The van der Waals surface area contributed by atoms with E-state index in [4.69, 9.17) is 44.2 Å². The van der Waals surface area contributed by atoms with Crippen molar-refractivity contribution in [2.75, 3.05) is 0 Å². The van der Waals surface area contributed by atoms with Crippen molar-refractivity contribution in [3.05, 3.63) is 152 Å². The van der Waals surface area contributed by atoms with Gasteiger partial charge in [-0.1, -0.05) is 132 Å². The Bertz CT molecular complexity index is 2760. The van der Waals surface area contributed by atoms with Crippen LogP contribution < -0.4 is 27.3 Å². The molecule has 2 nitrogen and oxygen atoms in total. The molecule has 0 fully saturated rings. The number of rotatable bonds is 5. The van der Waals surface area contributed by atoms with Crippen molar-refractivity contribution in [2.45, 2.75) is 0 Å². The van der Waals surface area contributed by atoms with E-state index in [1.165, 1.54) is 49.4 Å². The third-order valence-electron chi connectivity index (χ3n) is 10.1. The maximum Gasteiger partial charge on any atom is 0.144 e. The van der Waals surface area contributed by atoms with E-state index in [-0.39, 0.29) is 27.3 Å². The minimum atomic E-state index is 0.167. The van der Waals surface area contributed by atoms with Gasteiger partial charge in [0, 0.05) is 11.3 Å². The third-order valence-corrected chi connectivity index (χ3v) is 10.1. The zero-order valence-corrected chi connectivity index (χ0v) is 28.2. The maximum atomic E-state index is 6.56. The molecule has 9 rings (SSSR count). The molecule has 0 saturated carbocycles. The van der Waals surface area contributed by atoms with Gasteiger partial charge in [-0.2, -0.15) is 0 Å². The molecular formula is C45H25B5N2. The first-order valence-corrected chi connectivity index (χ1v) is 17.1. The van der Waals surface area contributed by atoms with E-state index < -0.39 is 0 Å². The minimum absolute atomic E-state index is 0.167. The summed E-state index contributed by atoms with van der Waals surface area (Å²) in [5, 5.41) is 4.74. The second kappa shape index (κ2) is 12.7. The summed E-state index contributed by atoms with van der Waals surface area (Å²) in [7, 11) is 31.9. The van der Waals surface area contributed by atoms with Crippen LogP contribution in [0.4, 0.5) is 0 Å². The predicted molar refractivity (Wildman–Crippen MR) is 225 cm³/mol. The number of imidazole rings is 1. The van der Waals surface area contributed by atoms with Gasteiger partial charge in [-0.05, 0) is 85.3 Å². The molecule has 0 spiro atoms. The Labute approximate surface area is 309 Å². The molecule has 52 heavy (non-hydrogen) atoms. The third kappa shape index (κ3) is 5.06. The highest BCUT2D eigenvalue weighted by atomic mass is 15.1. The van der Waals surface area contributed by atoms with Gasteiger partial charge in [0.25, 0.3) is 0 Å². The Morgan fingerprint density at radius 3 is 1.46 bits per heavy atom. The van der Waals surface area contributed by atoms with Crippen molar-refractivity contribution in [1.29, 1.82) is 0 Å². The van der Waals surface area contributed by atoms with Gasteiger partial charge in [0.1, 0.15) is 45.1 Å². The molecule has 9 aromatic rings. The summed E-state index contributed by atoms with van der Waals surface area (Å²) >= 11 is 0. The lowest BCUT2D eigenvalue weighted by Crippen LogP contribution is -2.55. The summed E-state index contributed by atoms with van der Waals surface area (Å²) in [6, 6.07) is 53.1. The summed E-state index contributed by atoms with van der Waals surface area (Å²) in [6.45, 7) is 0. The van der Waals surface area contributed by atoms with Crippen LogP contribution in [0.25, 0.3) is 83.0 Å². The first-order chi connectivity index (χ1) is 25.4. The molecule has 230 valence electrons. The molecule has 7 heteroatoms. The standard InChI is InChI=1S/C45H25B5N2/c46-40-39(41(47)43(49)44(50)42(40)48)45-51-35-19-8-9-20-36(35)52(45)30-23-21-27(22-24-30)37-31-15-4-6-17-33(31)38(34-18-7-5-16-32(34)37)29-14-10-13-28(25-29)26-11-2-1-3-12-26/h1-25H. The molecule has 0 atom stereocenters. The fraction of sp³-hybridized carbons (Fsp3) is 0. The van der Waals surface area contributed by atoms with Gasteiger partial charge in [-0.25, -0.2) is 4.98 Å². The molecule has 0 saturated heterocycles. The highest BCUT2D eigenvalue weighted by Gasteiger charge is 2.21. The second-order valence-corrected chi connectivity index (χ2v) is 13.0. The first kappa shape index (κ1) is 32.0. The second-order valence-electron chi connectivity index (χ2n) is 13.0. The van der Waals surface area contributed by atoms with E-state index in [2.05, 4.69) is 121 Å². The number of nitrogens with zero attached hydrogens (tertiary/aromatic N) is 2. The molecular weight excluding hydrogens is 623 g/mol. The van der Waals surface area contributed by atoms with Crippen molar-refractivity contribution in [3.63, 3.8) is 0 Å². The van der Waals surface area contributed by atoms with Gasteiger partial charge in [0.2, 0.25) is 0 Å². The number of hydrogen-bond donors (Lipinski definition) is 0. The lowest BCUT2D eigenvalue weighted by Gasteiger charge is -2.22. The van der Waals surface area contributed by atoms with Crippen molar-refractivity contribution >= 4 is 99.1 Å². The highest BCUT2D eigenvalue weighted by Crippen LogP contribution is 2.44. The number of para-hydroxylation sites is 2. The van der Waals surface area contributed by atoms with Gasteiger partial charge in [-0.3, -0.25) is 4.57 Å². The molecule has 0 N–H and O–H groups in total. The molecule has 0 aliphatic heterocycles. The molecule has 0 aliphatic rings. The smallest absolute Gasteiger partial charge is 0.144 e. The lowest BCUT2D eigenvalue weighted by atomic mass is 9.60. The zero-order chi connectivity index (χ0) is 35.5. The van der Waals surface area contributed by atoms with Crippen LogP contribution in [-0.2, 0) is 0 Å². The Morgan fingerprint density at radius 2 is 0.846 bits per heavy atom. The predicted octanol–water partition coefficient (Wildman–Crippen LogP) is 5.97. The summed E-state index contributed by atoms with van der Waals surface area (Å²) in [4.78, 5) is 4.97. The summed E-state index contributed by atoms with van der Waals surface area (Å²) in [6.07, 6.45) is 0. The van der Waals surface area contributed by atoms with E-state index >= 15 is 0 Å². The van der Waals surface area contributed by atoms with Crippen LogP contribution in [-0.4, -0.2) is 48.8 Å². The number of benzene rings is 8. The normalized spacial score (nSPS) is 11.5. The monoisotopic (exact) mass is 648 g/mol. The topological polar surface area (TPSA) is 17.8 Å². The molecule has 1 heterocycles. The molecule has 8 aromatic carbocycles. The summed E-state index contributed by atoms with van der Waals surface area (Å²) in [5.74, 6) is 0.528. The van der Waals surface area contributed by atoms with Crippen LogP contribution in [0.15, 0.2) is 152 Å². The van der Waals surface area contributed by atoms with Gasteiger partial charge in [-0.15, -0.1) is 16.4 Å². The highest BCUT2D eigenvalue weighted by molar-refractivity contribution is 6.68.